The van der Waals surface area contributed by atoms with Crippen molar-refractivity contribution >= 4 is 12.0 Å². The molecule has 2 aliphatic rings. The van der Waals surface area contributed by atoms with Gasteiger partial charge in [0.15, 0.2) is 0 Å². The topological polar surface area (TPSA) is 78.4 Å². The van der Waals surface area contributed by atoms with E-state index in [1.807, 2.05) is 0 Å². The van der Waals surface area contributed by atoms with Gasteiger partial charge < -0.3 is 15.7 Å². The van der Waals surface area contributed by atoms with Crippen molar-refractivity contribution in [1.82, 2.24) is 10.6 Å². The number of carbonyl (C=O) groups is 2. The Hall–Kier alpha value is -1.26. The van der Waals surface area contributed by atoms with Crippen LogP contribution in [0.2, 0.25) is 0 Å². The number of amides is 2. The van der Waals surface area contributed by atoms with Gasteiger partial charge in [-0.15, -0.1) is 0 Å². The zero-order valence-electron chi connectivity index (χ0n) is 12.8. The minimum atomic E-state index is -0.804. The van der Waals surface area contributed by atoms with E-state index in [0.29, 0.717) is 6.42 Å². The molecule has 0 aromatic heterocycles. The highest BCUT2D eigenvalue weighted by molar-refractivity contribution is 5.77. The number of rotatable bonds is 3. The number of nitrogens with one attached hydrogen (secondary N) is 2. The summed E-state index contributed by atoms with van der Waals surface area (Å²) in [5.41, 5.74) is 0.173. The van der Waals surface area contributed by atoms with E-state index in [9.17, 15) is 14.7 Å². The fraction of sp³-hybridized carbons (Fsp3) is 0.867. The van der Waals surface area contributed by atoms with Crippen molar-refractivity contribution in [3.05, 3.63) is 0 Å². The zero-order valence-corrected chi connectivity index (χ0v) is 12.8. The van der Waals surface area contributed by atoms with Crippen molar-refractivity contribution < 1.29 is 14.7 Å². The van der Waals surface area contributed by atoms with Crippen LogP contribution < -0.4 is 10.6 Å². The maximum atomic E-state index is 12.1. The van der Waals surface area contributed by atoms with Gasteiger partial charge in [-0.05, 0) is 23.7 Å². The van der Waals surface area contributed by atoms with Crippen LogP contribution in [0.1, 0.15) is 53.4 Å². The second-order valence-corrected chi connectivity index (χ2v) is 7.33. The molecule has 0 aromatic carbocycles. The average molecular weight is 282 g/mol. The van der Waals surface area contributed by atoms with Gasteiger partial charge in [-0.25, -0.2) is 4.79 Å². The third kappa shape index (κ3) is 2.50. The molecule has 0 aromatic rings. The summed E-state index contributed by atoms with van der Waals surface area (Å²) in [6.45, 7) is 8.55. The Kier molecular flexibility index (Phi) is 3.73. The van der Waals surface area contributed by atoms with Gasteiger partial charge >= 0.3 is 12.0 Å². The molecule has 2 unspecified atom stereocenters. The summed E-state index contributed by atoms with van der Waals surface area (Å²) < 4.78 is 0. The molecule has 114 valence electrons. The zero-order chi connectivity index (χ0) is 15.1. The molecule has 2 saturated carbocycles. The Morgan fingerprint density at radius 3 is 2.05 bits per heavy atom. The van der Waals surface area contributed by atoms with Crippen LogP contribution in [0, 0.1) is 16.7 Å². The fourth-order valence-electron chi connectivity index (χ4n) is 3.50. The van der Waals surface area contributed by atoms with Crippen molar-refractivity contribution in [3.8, 4) is 0 Å². The smallest absolute Gasteiger partial charge is 0.315 e. The first kappa shape index (κ1) is 15.1. The first-order chi connectivity index (χ1) is 9.18. The molecule has 2 aliphatic carbocycles. The van der Waals surface area contributed by atoms with Gasteiger partial charge in [0.1, 0.15) is 0 Å². The molecule has 20 heavy (non-hydrogen) atoms. The van der Waals surface area contributed by atoms with Crippen molar-refractivity contribution in [2.45, 2.75) is 65.5 Å². The van der Waals surface area contributed by atoms with Crippen LogP contribution in [0.4, 0.5) is 4.79 Å². The lowest BCUT2D eigenvalue weighted by atomic mass is 9.84. The van der Waals surface area contributed by atoms with E-state index < -0.39 is 11.9 Å². The van der Waals surface area contributed by atoms with Crippen LogP contribution in [0.3, 0.4) is 0 Å². The van der Waals surface area contributed by atoms with Crippen molar-refractivity contribution in [3.63, 3.8) is 0 Å². The summed E-state index contributed by atoms with van der Waals surface area (Å²) in [4.78, 5) is 23.3. The van der Waals surface area contributed by atoms with Crippen LogP contribution in [0.25, 0.3) is 0 Å². The summed E-state index contributed by atoms with van der Waals surface area (Å²) >= 11 is 0. The number of carboxylic acids is 1. The summed E-state index contributed by atoms with van der Waals surface area (Å²) in [6.07, 6.45) is 3.32. The Morgan fingerprint density at radius 1 is 1.00 bits per heavy atom. The van der Waals surface area contributed by atoms with Crippen LogP contribution in [0.5, 0.6) is 0 Å². The Balaban J connectivity index is 1.90. The lowest BCUT2D eigenvalue weighted by Gasteiger charge is -2.29. The number of carboxylic acid groups (broad SMARTS) is 1. The van der Waals surface area contributed by atoms with E-state index in [-0.39, 0.29) is 28.9 Å². The maximum Gasteiger partial charge on any atom is 0.315 e. The molecule has 5 nitrogen and oxygen atoms in total. The molecular formula is C15H26N2O3. The molecule has 0 radical (unpaired) electrons. The molecule has 0 spiro atoms. The van der Waals surface area contributed by atoms with Crippen LogP contribution in [-0.4, -0.2) is 29.2 Å². The second-order valence-electron chi connectivity index (χ2n) is 7.33. The molecule has 3 N–H and O–H groups in total. The molecule has 0 aliphatic heterocycles. The highest BCUT2D eigenvalue weighted by Gasteiger charge is 2.65. The standard InChI is InChI=1S/C15H26N2O3/c1-14(2)12(15(14,3)4)17-13(20)16-10-8-6-5-7-9(10)11(18)19/h9-10,12H,5-8H2,1-4H3,(H,18,19)(H2,16,17,20). The van der Waals surface area contributed by atoms with Gasteiger partial charge in [-0.3, -0.25) is 4.79 Å². The average Bonchev–Trinajstić information content (AvgIpc) is 2.72. The molecule has 2 rings (SSSR count). The lowest BCUT2D eigenvalue weighted by Crippen LogP contribution is -2.50. The van der Waals surface area contributed by atoms with Crippen molar-refractivity contribution in [2.75, 3.05) is 0 Å². The van der Waals surface area contributed by atoms with E-state index in [1.165, 1.54) is 0 Å². The Morgan fingerprint density at radius 2 is 1.55 bits per heavy atom. The largest absolute Gasteiger partial charge is 0.481 e. The predicted octanol–water partition coefficient (Wildman–Crippen LogP) is 2.36. The van der Waals surface area contributed by atoms with Crippen LogP contribution in [-0.2, 0) is 4.79 Å². The third-order valence-corrected chi connectivity index (χ3v) is 5.70. The molecule has 2 amide bonds. The Labute approximate surface area is 120 Å². The van der Waals surface area contributed by atoms with Gasteiger partial charge in [0.05, 0.1) is 5.92 Å². The van der Waals surface area contributed by atoms with Crippen molar-refractivity contribution in [1.29, 1.82) is 0 Å². The molecule has 0 heterocycles. The van der Waals surface area contributed by atoms with Crippen molar-refractivity contribution in [2.24, 2.45) is 16.7 Å². The SMILES string of the molecule is CC1(C)C(NC(=O)NC2CCCCC2C(=O)O)C1(C)C. The van der Waals surface area contributed by atoms with Crippen LogP contribution in [0.15, 0.2) is 0 Å². The molecule has 0 bridgehead atoms. The van der Waals surface area contributed by atoms with E-state index in [0.717, 1.165) is 19.3 Å². The molecule has 5 heteroatoms. The normalized spacial score (nSPS) is 31.4. The highest BCUT2D eigenvalue weighted by atomic mass is 16.4. The predicted molar refractivity (Wildman–Crippen MR) is 76.4 cm³/mol. The fourth-order valence-corrected chi connectivity index (χ4v) is 3.50. The number of hydrogen-bond donors (Lipinski definition) is 3. The van der Waals surface area contributed by atoms with E-state index in [2.05, 4.69) is 38.3 Å². The molecular weight excluding hydrogens is 256 g/mol. The summed E-state index contributed by atoms with van der Waals surface area (Å²) in [5, 5.41) is 15.1. The van der Waals surface area contributed by atoms with Gasteiger partial charge in [0.25, 0.3) is 0 Å². The number of urea groups is 1. The minimum absolute atomic E-state index is 0.0864. The van der Waals surface area contributed by atoms with Gasteiger partial charge in [-0.2, -0.15) is 0 Å². The number of aliphatic carboxylic acids is 1. The maximum absolute atomic E-state index is 12.1. The first-order valence-corrected chi connectivity index (χ1v) is 7.48. The lowest BCUT2D eigenvalue weighted by molar-refractivity contribution is -0.143. The second kappa shape index (κ2) is 4.93. The summed E-state index contributed by atoms with van der Waals surface area (Å²) in [5.74, 6) is -1.25. The first-order valence-electron chi connectivity index (χ1n) is 7.48. The Bertz CT molecular complexity index is 403. The summed E-state index contributed by atoms with van der Waals surface area (Å²) in [7, 11) is 0. The number of carbonyl (C=O) groups excluding carboxylic acids is 1. The monoisotopic (exact) mass is 282 g/mol. The summed E-state index contributed by atoms with van der Waals surface area (Å²) in [6, 6.07) is -0.333. The van der Waals surface area contributed by atoms with Crippen LogP contribution >= 0.6 is 0 Å². The van der Waals surface area contributed by atoms with E-state index in [4.69, 9.17) is 0 Å². The minimum Gasteiger partial charge on any atom is -0.481 e. The van der Waals surface area contributed by atoms with E-state index >= 15 is 0 Å². The quantitative estimate of drug-likeness (QED) is 0.743. The molecule has 0 saturated heterocycles. The third-order valence-electron chi connectivity index (χ3n) is 5.70. The molecule has 2 atom stereocenters. The van der Waals surface area contributed by atoms with Gasteiger partial charge in [-0.1, -0.05) is 40.5 Å². The van der Waals surface area contributed by atoms with E-state index in [1.54, 1.807) is 0 Å². The highest BCUT2D eigenvalue weighted by Crippen LogP contribution is 2.62. The molecule has 2 fully saturated rings. The number of hydrogen-bond acceptors (Lipinski definition) is 2. The van der Waals surface area contributed by atoms with Gasteiger partial charge in [0.2, 0.25) is 0 Å². The van der Waals surface area contributed by atoms with Gasteiger partial charge in [0, 0.05) is 12.1 Å².